The van der Waals surface area contributed by atoms with Crippen molar-refractivity contribution in [1.29, 1.82) is 0 Å². The maximum atomic E-state index is 2.38. The molecule has 0 heterocycles. The first-order chi connectivity index (χ1) is 4.04. The second-order valence-electron chi connectivity index (χ2n) is 4.81. The third-order valence-corrected chi connectivity index (χ3v) is 3.36. The normalized spacial score (nSPS) is 27.9. The molecule has 3 aliphatic rings. The molecule has 3 rings (SSSR count). The summed E-state index contributed by atoms with van der Waals surface area (Å²) in [5.41, 5.74) is 1.34. The predicted molar refractivity (Wildman–Crippen MR) is 39.0 cm³/mol. The number of hydrogen-bond acceptors (Lipinski definition) is 0. The summed E-state index contributed by atoms with van der Waals surface area (Å²) in [4.78, 5) is 0. The quantitative estimate of drug-likeness (QED) is 0.314. The first-order valence-corrected chi connectivity index (χ1v) is 3.87. The summed E-state index contributed by atoms with van der Waals surface area (Å²) >= 11 is 0. The molecule has 0 unspecified atom stereocenters. The van der Waals surface area contributed by atoms with E-state index in [1.165, 1.54) is 19.3 Å². The van der Waals surface area contributed by atoms with Gasteiger partial charge in [-0.05, 0) is 5.41 Å². The molecule has 0 amide bonds. The van der Waals surface area contributed by atoms with Crippen molar-refractivity contribution in [1.82, 2.24) is 0 Å². The minimum atomic E-state index is 0. The minimum absolute atomic E-state index is 0. The topological polar surface area (TPSA) is 0 Å². The Morgan fingerprint density at radius 2 is 1.50 bits per heavy atom. The van der Waals surface area contributed by atoms with E-state index >= 15 is 0 Å². The fraction of sp³-hybridized carbons (Fsp3) is 0.889. The van der Waals surface area contributed by atoms with Gasteiger partial charge in [-0.2, -0.15) is 19.3 Å². The van der Waals surface area contributed by atoms with E-state index in [-0.39, 0.29) is 18.9 Å². The van der Waals surface area contributed by atoms with Crippen molar-refractivity contribution in [3.63, 3.8) is 0 Å². The second kappa shape index (κ2) is 2.05. The third-order valence-electron chi connectivity index (χ3n) is 3.36. The second-order valence-corrected chi connectivity index (χ2v) is 4.81. The van der Waals surface area contributed by atoms with Crippen molar-refractivity contribution in [2.75, 3.05) is 0 Å². The van der Waals surface area contributed by atoms with Gasteiger partial charge in [-0.25, -0.2) is 0 Å². The van der Waals surface area contributed by atoms with Crippen molar-refractivity contribution in [2.24, 2.45) is 10.8 Å². The summed E-state index contributed by atoms with van der Waals surface area (Å²) in [6.07, 6.45) is 4.36. The van der Waals surface area contributed by atoms with Gasteiger partial charge in [-0.3, -0.25) is 0 Å². The fourth-order valence-electron chi connectivity index (χ4n) is 2.08. The average Bonchev–Trinajstić information content (AvgIpc) is 1.08. The third kappa shape index (κ3) is 0.820. The van der Waals surface area contributed by atoms with Crippen molar-refractivity contribution < 1.29 is 18.9 Å². The van der Waals surface area contributed by atoms with E-state index in [9.17, 15) is 0 Å². The van der Waals surface area contributed by atoms with E-state index in [1.807, 2.05) is 5.92 Å². The number of rotatable bonds is 0. The molecule has 3 saturated carbocycles. The molecule has 0 aliphatic heterocycles. The van der Waals surface area contributed by atoms with Crippen LogP contribution in [0.2, 0.25) is 0 Å². The van der Waals surface area contributed by atoms with Crippen molar-refractivity contribution >= 4 is 0 Å². The van der Waals surface area contributed by atoms with Gasteiger partial charge in [-0.1, -0.05) is 20.8 Å². The zero-order chi connectivity index (χ0) is 6.70. The van der Waals surface area contributed by atoms with Gasteiger partial charge < -0.3 is 5.92 Å². The van der Waals surface area contributed by atoms with Gasteiger partial charge in [0.25, 0.3) is 0 Å². The molecule has 1 heteroatoms. The maximum absolute atomic E-state index is 2.38. The molecule has 0 aromatic rings. The first-order valence-electron chi connectivity index (χ1n) is 3.87. The molecular weight excluding hydrogens is 115 g/mol. The first kappa shape index (κ1) is 8.69. The van der Waals surface area contributed by atoms with Crippen LogP contribution in [-0.2, 0) is 0 Å². The van der Waals surface area contributed by atoms with Gasteiger partial charge in [0.15, 0.2) is 0 Å². The van der Waals surface area contributed by atoms with Crippen LogP contribution in [0.4, 0.5) is 0 Å². The Hall–Kier alpha value is 0.597. The van der Waals surface area contributed by atoms with Gasteiger partial charge in [0.1, 0.15) is 0 Å². The SMILES string of the molecule is CC(C)(C)C12C[C-](C1)C2.[Li+]. The summed E-state index contributed by atoms with van der Waals surface area (Å²) in [6.45, 7) is 7.13. The van der Waals surface area contributed by atoms with Crippen molar-refractivity contribution in [3.05, 3.63) is 5.92 Å². The monoisotopic (exact) mass is 130 g/mol. The molecule has 0 N–H and O–H groups in total. The molecular formula is C9H15Li. The standard InChI is InChI=1S/C9H15.Li/c1-8(2,3)9-4-7(5-9)6-9;/h4-6H2,1-3H3;/q-1;+1. The van der Waals surface area contributed by atoms with Crippen molar-refractivity contribution in [3.8, 4) is 0 Å². The van der Waals surface area contributed by atoms with Crippen LogP contribution in [0.3, 0.4) is 0 Å². The van der Waals surface area contributed by atoms with Crippen LogP contribution < -0.4 is 18.9 Å². The van der Waals surface area contributed by atoms with E-state index < -0.39 is 0 Å². The summed E-state index contributed by atoms with van der Waals surface area (Å²) in [7, 11) is 0. The average molecular weight is 130 g/mol. The summed E-state index contributed by atoms with van der Waals surface area (Å²) in [6, 6.07) is 0. The molecule has 3 fully saturated rings. The molecule has 10 heavy (non-hydrogen) atoms. The van der Waals surface area contributed by atoms with Crippen LogP contribution in [0.25, 0.3) is 0 Å². The zero-order valence-corrected chi connectivity index (χ0v) is 7.62. The van der Waals surface area contributed by atoms with Gasteiger partial charge in [0, 0.05) is 0 Å². The van der Waals surface area contributed by atoms with Crippen LogP contribution in [-0.4, -0.2) is 0 Å². The Kier molecular flexibility index (Phi) is 1.78. The molecule has 0 aromatic carbocycles. The molecule has 52 valence electrons. The Morgan fingerprint density at radius 3 is 1.50 bits per heavy atom. The van der Waals surface area contributed by atoms with Crippen LogP contribution >= 0.6 is 0 Å². The van der Waals surface area contributed by atoms with E-state index in [0.29, 0.717) is 5.41 Å². The van der Waals surface area contributed by atoms with Gasteiger partial charge in [0.05, 0.1) is 0 Å². The Balaban J connectivity index is 0.000000500. The molecule has 0 radical (unpaired) electrons. The van der Waals surface area contributed by atoms with E-state index in [1.54, 1.807) is 0 Å². The van der Waals surface area contributed by atoms with Crippen molar-refractivity contribution in [2.45, 2.75) is 40.0 Å². The molecule has 3 aliphatic carbocycles. The van der Waals surface area contributed by atoms with Crippen LogP contribution in [0, 0.1) is 16.7 Å². The summed E-state index contributed by atoms with van der Waals surface area (Å²) < 4.78 is 0. The van der Waals surface area contributed by atoms with E-state index in [0.717, 1.165) is 5.41 Å². The van der Waals surface area contributed by atoms with E-state index in [4.69, 9.17) is 0 Å². The summed E-state index contributed by atoms with van der Waals surface area (Å²) in [5.74, 6) is 1.82. The largest absolute Gasteiger partial charge is 1.00 e. The Labute approximate surface area is 75.9 Å². The molecule has 2 bridgehead atoms. The molecule has 0 saturated heterocycles. The molecule has 0 atom stereocenters. The number of hydrogen-bond donors (Lipinski definition) is 0. The van der Waals surface area contributed by atoms with Gasteiger partial charge in [-0.15, -0.1) is 5.41 Å². The van der Waals surface area contributed by atoms with E-state index in [2.05, 4.69) is 20.8 Å². The molecule has 0 nitrogen and oxygen atoms in total. The van der Waals surface area contributed by atoms with Gasteiger partial charge in [0.2, 0.25) is 0 Å². The maximum Gasteiger partial charge on any atom is 1.00 e. The van der Waals surface area contributed by atoms with Gasteiger partial charge >= 0.3 is 18.9 Å². The Bertz CT molecular complexity index is 126. The van der Waals surface area contributed by atoms with Crippen LogP contribution in [0.1, 0.15) is 40.0 Å². The Morgan fingerprint density at radius 1 is 1.10 bits per heavy atom. The van der Waals surface area contributed by atoms with Crippen LogP contribution in [0.5, 0.6) is 0 Å². The smallest absolute Gasteiger partial charge is 0.313 e. The fourth-order valence-corrected chi connectivity index (χ4v) is 2.08. The zero-order valence-electron chi connectivity index (χ0n) is 7.62. The predicted octanol–water partition coefficient (Wildman–Crippen LogP) is -0.205. The van der Waals surface area contributed by atoms with Crippen LogP contribution in [0.15, 0.2) is 0 Å². The minimum Gasteiger partial charge on any atom is -0.313 e. The summed E-state index contributed by atoms with van der Waals surface area (Å²) in [5, 5.41) is 0. The molecule has 0 aromatic heterocycles. The molecule has 0 spiro atoms.